The van der Waals surface area contributed by atoms with Gasteiger partial charge >= 0.3 is 0 Å². The van der Waals surface area contributed by atoms with Gasteiger partial charge in [0.1, 0.15) is 24.1 Å². The predicted octanol–water partition coefficient (Wildman–Crippen LogP) is 6.38. The first-order chi connectivity index (χ1) is 19.2. The van der Waals surface area contributed by atoms with E-state index >= 15 is 0 Å². The predicted molar refractivity (Wildman–Crippen MR) is 154 cm³/mol. The van der Waals surface area contributed by atoms with Crippen molar-refractivity contribution in [1.29, 1.82) is 0 Å². The maximum Gasteiger partial charge on any atom is 0.163 e. The monoisotopic (exact) mass is 565 g/mol. The standard InChI is InChI=1S/C30H37F2N5O2Si/c1-40(2,3)11-10-38-19-36-27-18-33-17-25(27)34-30(36)29-24-15-20(12-21-13-22(31)16-23(32)14-21)7-8-26(24)37(35-29)28-6-4-5-9-39-28/h7-8,13-16,28,33H,4-6,9-12,17-19H2,1-3H3. The third-order valence-electron chi connectivity index (χ3n) is 7.70. The molecule has 212 valence electrons. The van der Waals surface area contributed by atoms with E-state index in [1.807, 2.05) is 16.8 Å². The lowest BCUT2D eigenvalue weighted by Gasteiger charge is -2.23. The molecule has 1 N–H and O–H groups in total. The molecule has 1 unspecified atom stereocenters. The van der Waals surface area contributed by atoms with Crippen molar-refractivity contribution < 1.29 is 18.3 Å². The fourth-order valence-corrected chi connectivity index (χ4v) is 6.33. The van der Waals surface area contributed by atoms with Crippen LogP contribution in [0.2, 0.25) is 25.7 Å². The first-order valence-corrected chi connectivity index (χ1v) is 17.9. The molecule has 0 bridgehead atoms. The smallest absolute Gasteiger partial charge is 0.163 e. The van der Waals surface area contributed by atoms with Crippen molar-refractivity contribution in [3.8, 4) is 11.5 Å². The molecule has 10 heteroatoms. The fourth-order valence-electron chi connectivity index (χ4n) is 5.58. The van der Waals surface area contributed by atoms with Crippen LogP contribution in [-0.4, -0.2) is 40.6 Å². The molecule has 4 aromatic rings. The number of benzene rings is 2. The molecule has 0 spiro atoms. The molecule has 0 amide bonds. The lowest BCUT2D eigenvalue weighted by Crippen LogP contribution is -2.22. The molecule has 40 heavy (non-hydrogen) atoms. The van der Waals surface area contributed by atoms with Crippen LogP contribution in [0.4, 0.5) is 8.78 Å². The second kappa shape index (κ2) is 11.2. The maximum atomic E-state index is 13.9. The van der Waals surface area contributed by atoms with Crippen molar-refractivity contribution in [1.82, 2.24) is 24.6 Å². The minimum atomic E-state index is -1.21. The molecule has 1 atom stereocenters. The number of hydrogen-bond acceptors (Lipinski definition) is 5. The largest absolute Gasteiger partial charge is 0.361 e. The molecule has 0 radical (unpaired) electrons. The molecule has 6 rings (SSSR count). The van der Waals surface area contributed by atoms with E-state index in [-0.39, 0.29) is 6.23 Å². The van der Waals surface area contributed by atoms with Gasteiger partial charge in [0.25, 0.3) is 0 Å². The van der Waals surface area contributed by atoms with E-state index in [1.165, 1.54) is 12.1 Å². The summed E-state index contributed by atoms with van der Waals surface area (Å²) in [7, 11) is -1.21. The molecule has 1 saturated heterocycles. The van der Waals surface area contributed by atoms with Gasteiger partial charge in [0.2, 0.25) is 0 Å². The van der Waals surface area contributed by atoms with Crippen LogP contribution in [0.5, 0.6) is 0 Å². The zero-order valence-electron chi connectivity index (χ0n) is 23.5. The number of hydrogen-bond donors (Lipinski definition) is 1. The van der Waals surface area contributed by atoms with Crippen molar-refractivity contribution in [3.63, 3.8) is 0 Å². The van der Waals surface area contributed by atoms with Gasteiger partial charge in [-0.25, -0.2) is 18.4 Å². The minimum absolute atomic E-state index is 0.141. The maximum absolute atomic E-state index is 13.9. The lowest BCUT2D eigenvalue weighted by atomic mass is 10.0. The van der Waals surface area contributed by atoms with E-state index in [1.54, 1.807) is 0 Å². The summed E-state index contributed by atoms with van der Waals surface area (Å²) in [6.45, 7) is 10.3. The molecular formula is C30H37F2N5O2Si. The highest BCUT2D eigenvalue weighted by atomic mass is 28.3. The summed E-state index contributed by atoms with van der Waals surface area (Å²) in [5, 5.41) is 9.47. The van der Waals surface area contributed by atoms with Crippen molar-refractivity contribution in [2.24, 2.45) is 0 Å². The summed E-state index contributed by atoms with van der Waals surface area (Å²) in [5.41, 5.74) is 5.42. The minimum Gasteiger partial charge on any atom is -0.361 e. The molecule has 2 aliphatic heterocycles. The third kappa shape index (κ3) is 5.76. The van der Waals surface area contributed by atoms with Crippen molar-refractivity contribution in [2.75, 3.05) is 13.2 Å². The van der Waals surface area contributed by atoms with Crippen molar-refractivity contribution in [3.05, 3.63) is 70.5 Å². The second-order valence-corrected chi connectivity index (χ2v) is 17.8. The molecule has 4 heterocycles. The van der Waals surface area contributed by atoms with Crippen LogP contribution in [-0.2, 0) is 35.7 Å². The highest BCUT2D eigenvalue weighted by molar-refractivity contribution is 6.76. The number of aromatic nitrogens is 4. The Kier molecular flexibility index (Phi) is 7.60. The molecule has 2 aromatic heterocycles. The van der Waals surface area contributed by atoms with Crippen LogP contribution in [0, 0.1) is 11.6 Å². The normalized spacial score (nSPS) is 17.6. The number of rotatable bonds is 9. The number of ether oxygens (including phenoxy) is 2. The summed E-state index contributed by atoms with van der Waals surface area (Å²) in [4.78, 5) is 5.05. The molecule has 0 saturated carbocycles. The Morgan fingerprint density at radius 3 is 2.62 bits per heavy atom. The zero-order valence-corrected chi connectivity index (χ0v) is 24.5. The Hall–Kier alpha value is -2.92. The summed E-state index contributed by atoms with van der Waals surface area (Å²) in [5.74, 6) is -0.357. The molecule has 7 nitrogen and oxygen atoms in total. The molecule has 2 aromatic carbocycles. The zero-order chi connectivity index (χ0) is 27.9. The Morgan fingerprint density at radius 2 is 1.88 bits per heavy atom. The van der Waals surface area contributed by atoms with E-state index in [9.17, 15) is 8.78 Å². The fraction of sp³-hybridized carbons (Fsp3) is 0.467. The van der Waals surface area contributed by atoms with Crippen LogP contribution < -0.4 is 5.32 Å². The third-order valence-corrected chi connectivity index (χ3v) is 9.40. The van der Waals surface area contributed by atoms with Gasteiger partial charge in [0.05, 0.1) is 16.9 Å². The van der Waals surface area contributed by atoms with Crippen LogP contribution in [0.1, 0.15) is 48.0 Å². The number of fused-ring (bicyclic) bond motifs is 2. The van der Waals surface area contributed by atoms with Crippen LogP contribution in [0.25, 0.3) is 22.4 Å². The molecule has 1 fully saturated rings. The van der Waals surface area contributed by atoms with Gasteiger partial charge < -0.3 is 19.4 Å². The first kappa shape index (κ1) is 27.3. The average Bonchev–Trinajstić information content (AvgIpc) is 3.59. The molecule has 2 aliphatic rings. The van der Waals surface area contributed by atoms with Crippen LogP contribution in [0.15, 0.2) is 36.4 Å². The van der Waals surface area contributed by atoms with Gasteiger partial charge in [-0.3, -0.25) is 0 Å². The lowest BCUT2D eigenvalue weighted by molar-refractivity contribution is -0.0365. The number of imidazole rings is 1. The van der Waals surface area contributed by atoms with E-state index in [0.29, 0.717) is 31.9 Å². The summed E-state index contributed by atoms with van der Waals surface area (Å²) < 4.78 is 44.3. The number of nitrogens with zero attached hydrogens (tertiary/aromatic N) is 4. The first-order valence-electron chi connectivity index (χ1n) is 14.2. The van der Waals surface area contributed by atoms with E-state index < -0.39 is 19.7 Å². The summed E-state index contributed by atoms with van der Waals surface area (Å²) >= 11 is 0. The van der Waals surface area contributed by atoms with Gasteiger partial charge in [-0.1, -0.05) is 25.7 Å². The van der Waals surface area contributed by atoms with E-state index in [4.69, 9.17) is 19.6 Å². The Labute approximate surface area is 234 Å². The number of nitrogens with one attached hydrogen (secondary N) is 1. The Bertz CT molecular complexity index is 1500. The Morgan fingerprint density at radius 1 is 1.05 bits per heavy atom. The highest BCUT2D eigenvalue weighted by Crippen LogP contribution is 2.35. The van der Waals surface area contributed by atoms with Crippen LogP contribution >= 0.6 is 0 Å². The van der Waals surface area contributed by atoms with Gasteiger partial charge in [0.15, 0.2) is 12.1 Å². The Balaban J connectivity index is 1.41. The summed E-state index contributed by atoms with van der Waals surface area (Å²) in [6.07, 6.45) is 3.30. The van der Waals surface area contributed by atoms with Gasteiger partial charge in [-0.15, -0.1) is 0 Å². The van der Waals surface area contributed by atoms with Crippen molar-refractivity contribution >= 4 is 19.0 Å². The van der Waals surface area contributed by atoms with Crippen LogP contribution in [0.3, 0.4) is 0 Å². The average molecular weight is 566 g/mol. The molecular weight excluding hydrogens is 528 g/mol. The second-order valence-electron chi connectivity index (χ2n) is 12.1. The SMILES string of the molecule is C[Si](C)(C)CCOCn1c(-c2nn(C3CCCCO3)c3ccc(Cc4cc(F)cc(F)c4)cc23)nc2c1CNC2. The van der Waals surface area contributed by atoms with E-state index in [2.05, 4.69) is 35.6 Å². The molecule has 0 aliphatic carbocycles. The van der Waals surface area contributed by atoms with E-state index in [0.717, 1.165) is 83.9 Å². The van der Waals surface area contributed by atoms with Gasteiger partial charge in [-0.05, 0) is 67.1 Å². The summed E-state index contributed by atoms with van der Waals surface area (Å²) in [6, 6.07) is 10.9. The van der Waals surface area contributed by atoms with Crippen molar-refractivity contribution in [2.45, 2.75) is 77.4 Å². The highest BCUT2D eigenvalue weighted by Gasteiger charge is 2.28. The topological polar surface area (TPSA) is 66.1 Å². The van der Waals surface area contributed by atoms with Gasteiger partial charge in [0, 0.05) is 45.8 Å². The quantitative estimate of drug-likeness (QED) is 0.188. The van der Waals surface area contributed by atoms with Gasteiger partial charge in [-0.2, -0.15) is 5.10 Å². The number of halogens is 2.